The molecule has 0 atom stereocenters. The maximum Gasteiger partial charge on any atom is 0.434 e. The number of aromatic nitrogens is 7. The molecule has 152 valence electrons. The van der Waals surface area contributed by atoms with Gasteiger partial charge in [0.15, 0.2) is 17.3 Å². The standard InChI is InChI=1S/C19H16F3N8/c20-19(21,22)16-10-28(11-23-16)13-6-8-29(9-7-13)27-17-3-1-2-15(25-17)18-26-24-12-30(18)14-4-5-14/h1-3,6-12,14H,4-5H2,(H,25,27)/q+1. The minimum absolute atomic E-state index is 0.441. The fraction of sp³-hybridized carbons (Fsp3) is 0.211. The molecule has 1 fully saturated rings. The second-order valence-electron chi connectivity index (χ2n) is 6.94. The smallest absolute Gasteiger partial charge is 0.309 e. The SMILES string of the molecule is FC(F)(F)c1cn(-c2cc[n+](Nc3cccc(-c4nncn4C4CC4)n3)cc2)cn1. The third-order valence-corrected chi connectivity index (χ3v) is 4.72. The summed E-state index contributed by atoms with van der Waals surface area (Å²) in [6.07, 6.45) is 4.95. The Hall–Kier alpha value is -3.76. The summed E-state index contributed by atoms with van der Waals surface area (Å²) in [5.41, 5.74) is 3.45. The van der Waals surface area contributed by atoms with Crippen LogP contribution in [0.15, 0.2) is 61.6 Å². The summed E-state index contributed by atoms with van der Waals surface area (Å²) < 4.78 is 43.2. The molecule has 0 spiro atoms. The summed E-state index contributed by atoms with van der Waals surface area (Å²) in [5, 5.41) is 8.19. The number of imidazole rings is 1. The number of nitrogens with one attached hydrogen (secondary N) is 1. The van der Waals surface area contributed by atoms with Gasteiger partial charge in [0.25, 0.3) is 0 Å². The molecule has 1 saturated carbocycles. The normalized spacial score (nSPS) is 14.1. The Bertz CT molecular complexity index is 1170. The van der Waals surface area contributed by atoms with Gasteiger partial charge in [0.2, 0.25) is 12.4 Å². The summed E-state index contributed by atoms with van der Waals surface area (Å²) in [4.78, 5) is 8.00. The Morgan fingerprint density at radius 2 is 1.87 bits per heavy atom. The van der Waals surface area contributed by atoms with Gasteiger partial charge >= 0.3 is 6.18 Å². The zero-order chi connectivity index (χ0) is 20.7. The highest BCUT2D eigenvalue weighted by Gasteiger charge is 2.33. The molecule has 5 rings (SSSR count). The van der Waals surface area contributed by atoms with Gasteiger partial charge in [-0.2, -0.15) is 13.2 Å². The molecule has 0 amide bonds. The zero-order valence-corrected chi connectivity index (χ0v) is 15.5. The van der Waals surface area contributed by atoms with E-state index in [4.69, 9.17) is 0 Å². The van der Waals surface area contributed by atoms with E-state index in [1.165, 1.54) is 4.57 Å². The Kier molecular flexibility index (Phi) is 4.23. The topological polar surface area (TPSA) is 77.3 Å². The lowest BCUT2D eigenvalue weighted by molar-refractivity contribution is -0.643. The summed E-state index contributed by atoms with van der Waals surface area (Å²) >= 11 is 0. The highest BCUT2D eigenvalue weighted by molar-refractivity contribution is 5.53. The lowest BCUT2D eigenvalue weighted by Gasteiger charge is -2.06. The average molecular weight is 413 g/mol. The van der Waals surface area contributed by atoms with Crippen LogP contribution in [-0.2, 0) is 6.18 Å². The number of alkyl halides is 3. The minimum atomic E-state index is -4.47. The van der Waals surface area contributed by atoms with Crippen molar-refractivity contribution in [2.75, 3.05) is 5.43 Å². The molecule has 4 aromatic rings. The largest absolute Gasteiger partial charge is 0.434 e. The minimum Gasteiger partial charge on any atom is -0.309 e. The van der Waals surface area contributed by atoms with Crippen LogP contribution in [0.3, 0.4) is 0 Å². The van der Waals surface area contributed by atoms with E-state index in [1.54, 1.807) is 35.5 Å². The van der Waals surface area contributed by atoms with E-state index in [9.17, 15) is 13.2 Å². The van der Waals surface area contributed by atoms with Crippen LogP contribution >= 0.6 is 0 Å². The maximum atomic E-state index is 12.7. The van der Waals surface area contributed by atoms with Gasteiger partial charge in [-0.3, -0.25) is 0 Å². The molecular weight excluding hydrogens is 397 g/mol. The van der Waals surface area contributed by atoms with Gasteiger partial charge in [0.1, 0.15) is 12.0 Å². The van der Waals surface area contributed by atoms with Crippen molar-refractivity contribution in [1.82, 2.24) is 29.3 Å². The van der Waals surface area contributed by atoms with Crippen LogP contribution < -0.4 is 10.1 Å². The summed E-state index contributed by atoms with van der Waals surface area (Å²) in [5.74, 6) is 1.32. The first-order chi connectivity index (χ1) is 14.5. The fourth-order valence-electron chi connectivity index (χ4n) is 3.08. The van der Waals surface area contributed by atoms with Gasteiger partial charge in [-0.25, -0.2) is 9.97 Å². The molecule has 1 N–H and O–H groups in total. The number of pyridine rings is 2. The van der Waals surface area contributed by atoms with E-state index in [0.717, 1.165) is 31.2 Å². The van der Waals surface area contributed by atoms with Crippen LogP contribution in [0, 0.1) is 0 Å². The first-order valence-corrected chi connectivity index (χ1v) is 9.24. The number of nitrogens with zero attached hydrogens (tertiary/aromatic N) is 7. The number of halogens is 3. The van der Waals surface area contributed by atoms with Crippen LogP contribution in [0.5, 0.6) is 0 Å². The Morgan fingerprint density at radius 3 is 2.57 bits per heavy atom. The monoisotopic (exact) mass is 413 g/mol. The number of hydrogen-bond donors (Lipinski definition) is 1. The van der Waals surface area contributed by atoms with Crippen molar-refractivity contribution in [2.45, 2.75) is 25.1 Å². The molecule has 0 aliphatic heterocycles. The van der Waals surface area contributed by atoms with Gasteiger partial charge in [0.05, 0.1) is 12.0 Å². The maximum absolute atomic E-state index is 12.7. The molecule has 1 aliphatic rings. The van der Waals surface area contributed by atoms with Gasteiger partial charge in [0, 0.05) is 24.4 Å². The molecule has 0 radical (unpaired) electrons. The van der Waals surface area contributed by atoms with Crippen molar-refractivity contribution in [1.29, 1.82) is 0 Å². The lowest BCUT2D eigenvalue weighted by Crippen LogP contribution is -2.41. The molecular formula is C19H16F3N8+. The Morgan fingerprint density at radius 1 is 1.07 bits per heavy atom. The second kappa shape index (κ2) is 6.94. The van der Waals surface area contributed by atoms with Crippen molar-refractivity contribution in [3.63, 3.8) is 0 Å². The van der Waals surface area contributed by atoms with Crippen molar-refractivity contribution in [3.05, 3.63) is 67.3 Å². The van der Waals surface area contributed by atoms with Gasteiger partial charge in [-0.15, -0.1) is 15.6 Å². The predicted octanol–water partition coefficient (Wildman–Crippen LogP) is 3.04. The first-order valence-electron chi connectivity index (χ1n) is 9.24. The number of rotatable bonds is 5. The first kappa shape index (κ1) is 18.3. The van der Waals surface area contributed by atoms with Crippen molar-refractivity contribution >= 4 is 5.82 Å². The molecule has 0 saturated heterocycles. The van der Waals surface area contributed by atoms with Crippen molar-refractivity contribution in [3.8, 4) is 17.2 Å². The molecule has 0 aromatic carbocycles. The molecule has 30 heavy (non-hydrogen) atoms. The summed E-state index contributed by atoms with van der Waals surface area (Å²) in [7, 11) is 0. The predicted molar refractivity (Wildman–Crippen MR) is 99.3 cm³/mol. The zero-order valence-electron chi connectivity index (χ0n) is 15.5. The van der Waals surface area contributed by atoms with Crippen LogP contribution in [0.1, 0.15) is 24.6 Å². The van der Waals surface area contributed by atoms with E-state index >= 15 is 0 Å². The fourth-order valence-corrected chi connectivity index (χ4v) is 3.08. The average Bonchev–Trinajstić information content (AvgIpc) is 3.24. The molecule has 0 bridgehead atoms. The number of hydrogen-bond acceptors (Lipinski definition) is 5. The Labute approximate surface area is 168 Å². The van der Waals surface area contributed by atoms with Crippen LogP contribution in [0.4, 0.5) is 19.0 Å². The number of anilines is 1. The van der Waals surface area contributed by atoms with Crippen LogP contribution in [0.2, 0.25) is 0 Å². The van der Waals surface area contributed by atoms with Crippen LogP contribution in [0.25, 0.3) is 17.2 Å². The van der Waals surface area contributed by atoms with E-state index in [1.807, 2.05) is 22.8 Å². The van der Waals surface area contributed by atoms with Gasteiger partial charge in [-0.1, -0.05) is 10.7 Å². The molecule has 4 aromatic heterocycles. The van der Waals surface area contributed by atoms with E-state index < -0.39 is 11.9 Å². The molecule has 0 unspecified atom stereocenters. The highest BCUT2D eigenvalue weighted by Crippen LogP contribution is 2.37. The molecule has 1 aliphatic carbocycles. The third kappa shape index (κ3) is 3.61. The second-order valence-corrected chi connectivity index (χ2v) is 6.94. The summed E-state index contributed by atoms with van der Waals surface area (Å²) in [6, 6.07) is 9.34. The van der Waals surface area contributed by atoms with Gasteiger partial charge in [-0.05, 0) is 25.0 Å². The van der Waals surface area contributed by atoms with E-state index in [2.05, 4.69) is 25.6 Å². The quantitative estimate of drug-likeness (QED) is 0.509. The van der Waals surface area contributed by atoms with Crippen molar-refractivity contribution < 1.29 is 17.8 Å². The van der Waals surface area contributed by atoms with E-state index in [-0.39, 0.29) is 0 Å². The molecule has 11 heteroatoms. The van der Waals surface area contributed by atoms with Crippen molar-refractivity contribution in [2.24, 2.45) is 0 Å². The van der Waals surface area contributed by atoms with E-state index in [0.29, 0.717) is 23.2 Å². The third-order valence-electron chi connectivity index (χ3n) is 4.72. The van der Waals surface area contributed by atoms with Crippen LogP contribution in [-0.4, -0.2) is 29.3 Å². The molecule has 4 heterocycles. The lowest BCUT2D eigenvalue weighted by atomic mass is 10.3. The highest BCUT2D eigenvalue weighted by atomic mass is 19.4. The van der Waals surface area contributed by atoms with Gasteiger partial charge < -0.3 is 9.13 Å². The Balaban J connectivity index is 1.34. The molecule has 8 nitrogen and oxygen atoms in total. The summed E-state index contributed by atoms with van der Waals surface area (Å²) in [6.45, 7) is 0.